The zero-order chi connectivity index (χ0) is 37.9. The van der Waals surface area contributed by atoms with E-state index in [2.05, 4.69) is 48.5 Å². The minimum Gasteiger partial charge on any atom is -0.373 e. The molecule has 1 unspecified atom stereocenters. The SMILES string of the molecule is C[C@@H]1CN(CC2(NC(=O)N[C@H](C(=O)N3C[C@]4(C[C@H]3C(=O)NC(CC3CCC3)C(=O)C(N)=O)C(C)(C)C43CCC3)C(C)(C)C)CCCCC2)C[C@H](C)O1. The Balaban J connectivity index is 1.23. The summed E-state index contributed by atoms with van der Waals surface area (Å²) in [6.45, 7) is 17.3. The van der Waals surface area contributed by atoms with Crippen molar-refractivity contribution in [2.75, 3.05) is 26.2 Å². The molecule has 5 amide bonds. The van der Waals surface area contributed by atoms with Gasteiger partial charge >= 0.3 is 6.03 Å². The number of urea groups is 1. The lowest BCUT2D eigenvalue weighted by atomic mass is 9.73. The number of hydrogen-bond donors (Lipinski definition) is 4. The molecule has 0 bridgehead atoms. The first kappa shape index (κ1) is 39.0. The lowest BCUT2D eigenvalue weighted by molar-refractivity contribution is -0.143. The van der Waals surface area contributed by atoms with Gasteiger partial charge in [-0.1, -0.05) is 79.6 Å². The molecule has 52 heavy (non-hydrogen) atoms. The van der Waals surface area contributed by atoms with Crippen LogP contribution in [0.15, 0.2) is 0 Å². The average molecular weight is 727 g/mol. The Morgan fingerprint density at radius 1 is 0.865 bits per heavy atom. The van der Waals surface area contributed by atoms with E-state index in [9.17, 15) is 24.0 Å². The topological polar surface area (TPSA) is 163 Å². The first-order valence-electron chi connectivity index (χ1n) is 20.2. The van der Waals surface area contributed by atoms with E-state index in [1.54, 1.807) is 4.90 Å². The monoisotopic (exact) mass is 727 g/mol. The average Bonchev–Trinajstić information content (AvgIpc) is 3.22. The molecule has 12 nitrogen and oxygen atoms in total. The highest BCUT2D eigenvalue weighted by Gasteiger charge is 2.85. The van der Waals surface area contributed by atoms with Gasteiger partial charge in [-0.25, -0.2) is 4.79 Å². The Morgan fingerprint density at radius 3 is 2.00 bits per heavy atom. The summed E-state index contributed by atoms with van der Waals surface area (Å²) < 4.78 is 5.98. The smallest absolute Gasteiger partial charge is 0.315 e. The molecule has 6 rings (SSSR count). The van der Waals surface area contributed by atoms with Gasteiger partial charge in [-0.05, 0) is 74.5 Å². The molecule has 4 saturated carbocycles. The fourth-order valence-corrected chi connectivity index (χ4v) is 11.4. The number of primary amides is 1. The molecule has 4 aliphatic carbocycles. The number of fused-ring (bicyclic) bond motifs is 1. The van der Waals surface area contributed by atoms with Crippen molar-refractivity contribution >= 4 is 29.5 Å². The highest BCUT2D eigenvalue weighted by atomic mass is 16.5. The number of ketones is 1. The molecule has 2 heterocycles. The second-order valence-corrected chi connectivity index (χ2v) is 19.3. The fraction of sp³-hybridized carbons (Fsp3) is 0.875. The largest absolute Gasteiger partial charge is 0.373 e. The van der Waals surface area contributed by atoms with Crippen LogP contribution >= 0.6 is 0 Å². The lowest BCUT2D eigenvalue weighted by Crippen LogP contribution is -2.64. The maximum absolute atomic E-state index is 14.9. The Kier molecular flexibility index (Phi) is 10.6. The molecule has 0 aromatic heterocycles. The maximum Gasteiger partial charge on any atom is 0.315 e. The number of rotatable bonds is 11. The quantitative estimate of drug-likeness (QED) is 0.234. The molecule has 5 N–H and O–H groups in total. The summed E-state index contributed by atoms with van der Waals surface area (Å²) in [6.07, 6.45) is 12.2. The summed E-state index contributed by atoms with van der Waals surface area (Å²) in [5.74, 6) is -2.32. The van der Waals surface area contributed by atoms with Crippen molar-refractivity contribution in [3.8, 4) is 0 Å². The van der Waals surface area contributed by atoms with Crippen LogP contribution in [0, 0.1) is 27.6 Å². The van der Waals surface area contributed by atoms with Gasteiger partial charge in [0.15, 0.2) is 0 Å². The third kappa shape index (κ3) is 7.00. The number of Topliss-reactive ketones (excluding diaryl/α,β-unsaturated/α-hetero) is 1. The van der Waals surface area contributed by atoms with E-state index < -0.39 is 46.7 Å². The third-order valence-corrected chi connectivity index (χ3v) is 14.7. The molecular formula is C40H66N6O6. The van der Waals surface area contributed by atoms with Crippen LogP contribution in [0.1, 0.15) is 132 Å². The molecule has 2 saturated heterocycles. The van der Waals surface area contributed by atoms with Crippen molar-refractivity contribution in [3.63, 3.8) is 0 Å². The van der Waals surface area contributed by atoms with Crippen LogP contribution < -0.4 is 21.7 Å². The minimum atomic E-state index is -1.06. The van der Waals surface area contributed by atoms with E-state index in [1.165, 1.54) is 0 Å². The number of ether oxygens (including phenoxy) is 1. The molecule has 2 spiro atoms. The van der Waals surface area contributed by atoms with Crippen LogP contribution in [0.25, 0.3) is 0 Å². The summed E-state index contributed by atoms with van der Waals surface area (Å²) in [4.78, 5) is 72.5. The zero-order valence-corrected chi connectivity index (χ0v) is 32.9. The van der Waals surface area contributed by atoms with Gasteiger partial charge in [0, 0.05) is 31.6 Å². The Bertz CT molecular complexity index is 1400. The Morgan fingerprint density at radius 2 is 1.50 bits per heavy atom. The second kappa shape index (κ2) is 14.2. The Labute approximate surface area is 310 Å². The van der Waals surface area contributed by atoms with Crippen molar-refractivity contribution in [2.24, 2.45) is 33.3 Å². The molecule has 0 aromatic carbocycles. The molecule has 0 aromatic rings. The van der Waals surface area contributed by atoms with Gasteiger partial charge in [0.25, 0.3) is 5.91 Å². The molecule has 2 aliphatic heterocycles. The van der Waals surface area contributed by atoms with Gasteiger partial charge in [0.2, 0.25) is 17.6 Å². The number of nitrogens with two attached hydrogens (primary N) is 1. The third-order valence-electron chi connectivity index (χ3n) is 14.7. The van der Waals surface area contributed by atoms with E-state index in [0.29, 0.717) is 19.4 Å². The number of nitrogens with zero attached hydrogens (tertiary/aromatic N) is 2. The van der Waals surface area contributed by atoms with Crippen LogP contribution in [0.4, 0.5) is 4.79 Å². The van der Waals surface area contributed by atoms with Gasteiger partial charge in [0.05, 0.1) is 23.8 Å². The summed E-state index contributed by atoms with van der Waals surface area (Å²) in [7, 11) is 0. The molecule has 6 atom stereocenters. The van der Waals surface area contributed by atoms with Crippen molar-refractivity contribution in [2.45, 2.75) is 168 Å². The first-order valence-corrected chi connectivity index (χ1v) is 20.2. The molecular weight excluding hydrogens is 660 g/mol. The van der Waals surface area contributed by atoms with Crippen LogP contribution in [-0.2, 0) is 23.9 Å². The van der Waals surface area contributed by atoms with Gasteiger partial charge in [-0.3, -0.25) is 24.1 Å². The van der Waals surface area contributed by atoms with Gasteiger partial charge in [-0.15, -0.1) is 0 Å². The normalized spacial score (nSPS) is 31.9. The van der Waals surface area contributed by atoms with E-state index in [0.717, 1.165) is 90.3 Å². The van der Waals surface area contributed by atoms with E-state index in [-0.39, 0.29) is 46.3 Å². The zero-order valence-electron chi connectivity index (χ0n) is 32.9. The van der Waals surface area contributed by atoms with Crippen LogP contribution in [-0.4, -0.2) is 101 Å². The highest BCUT2D eigenvalue weighted by Crippen LogP contribution is 2.88. The summed E-state index contributed by atoms with van der Waals surface area (Å²) >= 11 is 0. The van der Waals surface area contributed by atoms with E-state index in [4.69, 9.17) is 10.5 Å². The van der Waals surface area contributed by atoms with Crippen molar-refractivity contribution in [3.05, 3.63) is 0 Å². The number of carbonyl (C=O) groups is 5. The summed E-state index contributed by atoms with van der Waals surface area (Å²) in [5, 5.41) is 9.41. The standard InChI is InChI=1S/C40H66N6O6/c1-25-21-45(22-26(2)52-25)23-38(15-9-8-10-16-38)44-35(51)43-31(36(3,4)5)34(50)46-24-40(37(6,7)39(40)17-12-18-39)20-29(46)33(49)42-28(30(47)32(41)48)19-27-13-11-14-27/h25-29,31H,8-24H2,1-7H3,(H2,41,48)(H,42,49)(H2,43,44,51)/t25-,26+,28?,29-,31+,40+/m0/s1. The molecule has 6 fully saturated rings. The molecule has 0 radical (unpaired) electrons. The van der Waals surface area contributed by atoms with Gasteiger partial charge < -0.3 is 31.3 Å². The summed E-state index contributed by atoms with van der Waals surface area (Å²) in [6, 6.07) is -3.12. The van der Waals surface area contributed by atoms with Crippen LogP contribution in [0.3, 0.4) is 0 Å². The predicted octanol–water partition coefficient (Wildman–Crippen LogP) is 4.04. The van der Waals surface area contributed by atoms with Gasteiger partial charge in [0.1, 0.15) is 12.1 Å². The number of likely N-dealkylation sites (tertiary alicyclic amines) is 1. The highest BCUT2D eigenvalue weighted by molar-refractivity contribution is 6.37. The molecule has 12 heteroatoms. The lowest BCUT2D eigenvalue weighted by Gasteiger charge is -2.45. The Hall–Kier alpha value is -2.73. The minimum absolute atomic E-state index is 0.0613. The maximum atomic E-state index is 14.9. The number of amides is 5. The van der Waals surface area contributed by atoms with Crippen molar-refractivity contribution in [1.29, 1.82) is 0 Å². The van der Waals surface area contributed by atoms with Crippen molar-refractivity contribution < 1.29 is 28.7 Å². The van der Waals surface area contributed by atoms with Crippen LogP contribution in [0.2, 0.25) is 0 Å². The number of carbonyl (C=O) groups excluding carboxylic acids is 5. The van der Waals surface area contributed by atoms with Crippen LogP contribution in [0.5, 0.6) is 0 Å². The van der Waals surface area contributed by atoms with Gasteiger partial charge in [-0.2, -0.15) is 0 Å². The molecule has 6 aliphatic rings. The first-order chi connectivity index (χ1) is 24.3. The fourth-order valence-electron chi connectivity index (χ4n) is 11.4. The van der Waals surface area contributed by atoms with E-state index >= 15 is 0 Å². The predicted molar refractivity (Wildman–Crippen MR) is 198 cm³/mol. The van der Waals surface area contributed by atoms with E-state index in [1.807, 2.05) is 20.8 Å². The second-order valence-electron chi connectivity index (χ2n) is 19.3. The van der Waals surface area contributed by atoms with Crippen molar-refractivity contribution in [1.82, 2.24) is 25.8 Å². The number of hydrogen-bond acceptors (Lipinski definition) is 7. The number of morpholine rings is 1. The summed E-state index contributed by atoms with van der Waals surface area (Å²) in [5.41, 5.74) is 4.12. The molecule has 292 valence electrons. The number of nitrogens with one attached hydrogen (secondary N) is 3.